The second-order valence-electron chi connectivity index (χ2n) is 7.33. The molecule has 10 nitrogen and oxygen atoms in total. The third-order valence-corrected chi connectivity index (χ3v) is 6.28. The second kappa shape index (κ2) is 8.09. The van der Waals surface area contributed by atoms with Gasteiger partial charge in [-0.15, -0.1) is 0 Å². The van der Waals surface area contributed by atoms with E-state index in [1.165, 1.54) is 23.3 Å². The molecule has 30 heavy (non-hydrogen) atoms. The summed E-state index contributed by atoms with van der Waals surface area (Å²) >= 11 is 0. The zero-order valence-corrected chi connectivity index (χ0v) is 17.4. The van der Waals surface area contributed by atoms with Gasteiger partial charge in [-0.3, -0.25) is 9.78 Å². The lowest BCUT2D eigenvalue weighted by atomic mass is 10.2. The average molecular weight is 430 g/mol. The minimum absolute atomic E-state index is 0.0775. The molecule has 2 unspecified atom stereocenters. The van der Waals surface area contributed by atoms with Crippen LogP contribution in [0.5, 0.6) is 0 Å². The van der Waals surface area contributed by atoms with Gasteiger partial charge in [0.15, 0.2) is 5.03 Å². The van der Waals surface area contributed by atoms with Crippen molar-refractivity contribution in [1.29, 1.82) is 0 Å². The van der Waals surface area contributed by atoms with Crippen molar-refractivity contribution in [3.63, 3.8) is 0 Å². The van der Waals surface area contributed by atoms with E-state index in [9.17, 15) is 13.2 Å². The fraction of sp³-hybridized carbons (Fsp3) is 0.368. The number of hydrogen-bond donors (Lipinski definition) is 1. The van der Waals surface area contributed by atoms with Gasteiger partial charge in [0.05, 0.1) is 37.3 Å². The Morgan fingerprint density at radius 2 is 2.07 bits per heavy atom. The largest absolute Gasteiger partial charge is 0.377 e. The first-order valence-corrected chi connectivity index (χ1v) is 11.0. The molecule has 0 aromatic carbocycles. The van der Waals surface area contributed by atoms with Gasteiger partial charge < -0.3 is 9.30 Å². The molecule has 0 amide bonds. The molecule has 4 heterocycles. The number of nitrogens with zero attached hydrogens (tertiary/aromatic N) is 5. The Labute approximate surface area is 173 Å². The number of aromatic nitrogens is 5. The SMILES string of the molecule is CC(C)n1cnc(S(=O)(=O)NC2COCC2n2nc(-c3cccnc3)ccc2=O)c1. The number of imidazole rings is 1. The highest BCUT2D eigenvalue weighted by molar-refractivity contribution is 7.89. The van der Waals surface area contributed by atoms with Gasteiger partial charge >= 0.3 is 0 Å². The molecule has 0 radical (unpaired) electrons. The van der Waals surface area contributed by atoms with Crippen LogP contribution in [0.15, 0.2) is 59.0 Å². The summed E-state index contributed by atoms with van der Waals surface area (Å²) in [5, 5.41) is 4.36. The van der Waals surface area contributed by atoms with E-state index in [0.29, 0.717) is 5.69 Å². The molecular formula is C19H22N6O4S. The Balaban J connectivity index is 1.61. The lowest BCUT2D eigenvalue weighted by Gasteiger charge is -2.20. The van der Waals surface area contributed by atoms with E-state index >= 15 is 0 Å². The first kappa shape index (κ1) is 20.4. The molecule has 1 fully saturated rings. The maximum atomic E-state index is 12.8. The second-order valence-corrected chi connectivity index (χ2v) is 8.99. The van der Waals surface area contributed by atoms with Crippen molar-refractivity contribution in [3.8, 4) is 11.3 Å². The summed E-state index contributed by atoms with van der Waals surface area (Å²) < 4.78 is 36.7. The normalized spacial score (nSPS) is 19.4. The van der Waals surface area contributed by atoms with Crippen LogP contribution in [-0.2, 0) is 14.8 Å². The van der Waals surface area contributed by atoms with Crippen molar-refractivity contribution in [1.82, 2.24) is 29.0 Å². The smallest absolute Gasteiger partial charge is 0.267 e. The molecule has 1 saturated heterocycles. The molecule has 0 aliphatic carbocycles. The minimum atomic E-state index is -3.89. The Bertz CT molecular complexity index is 1190. The van der Waals surface area contributed by atoms with Gasteiger partial charge in [0.1, 0.15) is 0 Å². The highest BCUT2D eigenvalue weighted by Crippen LogP contribution is 2.21. The lowest BCUT2D eigenvalue weighted by molar-refractivity contribution is 0.182. The number of nitrogens with one attached hydrogen (secondary N) is 1. The van der Waals surface area contributed by atoms with Crippen molar-refractivity contribution in [3.05, 3.63) is 59.5 Å². The molecule has 0 bridgehead atoms. The van der Waals surface area contributed by atoms with Crippen LogP contribution in [0, 0.1) is 0 Å². The van der Waals surface area contributed by atoms with Crippen molar-refractivity contribution in [2.75, 3.05) is 13.2 Å². The molecule has 1 aliphatic rings. The number of rotatable bonds is 6. The summed E-state index contributed by atoms with van der Waals surface area (Å²) in [6, 6.07) is 5.47. The quantitative estimate of drug-likeness (QED) is 0.619. The summed E-state index contributed by atoms with van der Waals surface area (Å²) in [4.78, 5) is 20.6. The van der Waals surface area contributed by atoms with E-state index in [2.05, 4.69) is 19.8 Å². The molecule has 2 atom stereocenters. The van der Waals surface area contributed by atoms with Crippen LogP contribution >= 0.6 is 0 Å². The number of hydrogen-bond acceptors (Lipinski definition) is 7. The van der Waals surface area contributed by atoms with Crippen LogP contribution in [0.2, 0.25) is 0 Å². The highest BCUT2D eigenvalue weighted by Gasteiger charge is 2.35. The van der Waals surface area contributed by atoms with Crippen LogP contribution in [0.4, 0.5) is 0 Å². The standard InChI is InChI=1S/C19H22N6O4S/c1-13(2)24-9-18(21-12-24)30(27,28)23-16-10-29-11-17(16)25-19(26)6-5-15(22-25)14-4-3-7-20-8-14/h3-9,12-13,16-17,23H,10-11H2,1-2H3. The molecule has 158 valence electrons. The van der Waals surface area contributed by atoms with Crippen LogP contribution in [-0.4, -0.2) is 52.0 Å². The third-order valence-electron chi connectivity index (χ3n) is 4.90. The van der Waals surface area contributed by atoms with E-state index in [-0.39, 0.29) is 29.8 Å². The number of ether oxygens (including phenoxy) is 1. The molecule has 3 aromatic rings. The van der Waals surface area contributed by atoms with Gasteiger partial charge in [0.25, 0.3) is 15.6 Å². The van der Waals surface area contributed by atoms with Gasteiger partial charge in [-0.05, 0) is 32.0 Å². The average Bonchev–Trinajstić information content (AvgIpc) is 3.39. The summed E-state index contributed by atoms with van der Waals surface area (Å²) in [6.45, 7) is 4.15. The van der Waals surface area contributed by atoms with Gasteiger partial charge in [0.2, 0.25) is 0 Å². The fourth-order valence-corrected chi connectivity index (χ4v) is 4.42. The Hall–Kier alpha value is -2.89. The molecular weight excluding hydrogens is 408 g/mol. The number of sulfonamides is 1. The van der Waals surface area contributed by atoms with Gasteiger partial charge in [0, 0.05) is 36.3 Å². The molecule has 11 heteroatoms. The summed E-state index contributed by atoms with van der Waals surface area (Å²) in [5.41, 5.74) is 0.972. The van der Waals surface area contributed by atoms with Crippen molar-refractivity contribution in [2.24, 2.45) is 0 Å². The van der Waals surface area contributed by atoms with Crippen molar-refractivity contribution < 1.29 is 13.2 Å². The molecule has 3 aromatic heterocycles. The van der Waals surface area contributed by atoms with E-state index in [1.54, 1.807) is 29.1 Å². The van der Waals surface area contributed by atoms with Crippen LogP contribution in [0.1, 0.15) is 25.9 Å². The molecule has 0 saturated carbocycles. The predicted molar refractivity (Wildman–Crippen MR) is 108 cm³/mol. The fourth-order valence-electron chi connectivity index (χ4n) is 3.23. The molecule has 4 rings (SSSR count). The van der Waals surface area contributed by atoms with Crippen molar-refractivity contribution >= 4 is 10.0 Å². The summed E-state index contributed by atoms with van der Waals surface area (Å²) in [6.07, 6.45) is 6.25. The van der Waals surface area contributed by atoms with Gasteiger partial charge in [-0.25, -0.2) is 22.8 Å². The van der Waals surface area contributed by atoms with E-state index in [1.807, 2.05) is 19.9 Å². The van der Waals surface area contributed by atoms with Gasteiger partial charge in [-0.2, -0.15) is 5.10 Å². The molecule has 0 spiro atoms. The monoisotopic (exact) mass is 430 g/mol. The maximum absolute atomic E-state index is 12.8. The van der Waals surface area contributed by atoms with E-state index in [0.717, 1.165) is 5.56 Å². The summed E-state index contributed by atoms with van der Waals surface area (Å²) in [5.74, 6) is 0. The Morgan fingerprint density at radius 1 is 1.23 bits per heavy atom. The third kappa shape index (κ3) is 4.04. The zero-order valence-electron chi connectivity index (χ0n) is 16.5. The van der Waals surface area contributed by atoms with Gasteiger partial charge in [-0.1, -0.05) is 0 Å². The first-order chi connectivity index (χ1) is 14.3. The van der Waals surface area contributed by atoms with Crippen LogP contribution < -0.4 is 10.3 Å². The molecule has 1 N–H and O–H groups in total. The van der Waals surface area contributed by atoms with Crippen LogP contribution in [0.25, 0.3) is 11.3 Å². The maximum Gasteiger partial charge on any atom is 0.267 e. The van der Waals surface area contributed by atoms with Crippen molar-refractivity contribution in [2.45, 2.75) is 37.0 Å². The highest BCUT2D eigenvalue weighted by atomic mass is 32.2. The Morgan fingerprint density at radius 3 is 2.77 bits per heavy atom. The molecule has 1 aliphatic heterocycles. The first-order valence-electron chi connectivity index (χ1n) is 9.49. The minimum Gasteiger partial charge on any atom is -0.377 e. The zero-order chi connectivity index (χ0) is 21.3. The number of pyridine rings is 1. The van der Waals surface area contributed by atoms with E-state index < -0.39 is 22.1 Å². The van der Waals surface area contributed by atoms with E-state index in [4.69, 9.17) is 4.74 Å². The Kier molecular flexibility index (Phi) is 5.50. The summed E-state index contributed by atoms with van der Waals surface area (Å²) in [7, 11) is -3.89. The van der Waals surface area contributed by atoms with Crippen LogP contribution in [0.3, 0.4) is 0 Å². The predicted octanol–water partition coefficient (Wildman–Crippen LogP) is 1.00. The lowest BCUT2D eigenvalue weighted by Crippen LogP contribution is -2.44. The topological polar surface area (TPSA) is 121 Å².